The van der Waals surface area contributed by atoms with E-state index >= 15 is 0 Å². The Morgan fingerprint density at radius 2 is 2.00 bits per heavy atom. The van der Waals surface area contributed by atoms with E-state index in [-0.39, 0.29) is 35.5 Å². The fraction of sp³-hybridized carbons (Fsp3) is 0.500. The van der Waals surface area contributed by atoms with Crippen LogP contribution in [-0.2, 0) is 19.4 Å². The Morgan fingerprint density at radius 1 is 1.33 bits per heavy atom. The van der Waals surface area contributed by atoms with Gasteiger partial charge in [-0.25, -0.2) is 8.42 Å². The summed E-state index contributed by atoms with van der Waals surface area (Å²) >= 11 is 0. The van der Waals surface area contributed by atoms with Crippen LogP contribution in [-0.4, -0.2) is 38.1 Å². The third-order valence-electron chi connectivity index (χ3n) is 3.36. The molecule has 24 heavy (non-hydrogen) atoms. The number of fused-ring (bicyclic) bond motifs is 1. The van der Waals surface area contributed by atoms with Crippen molar-refractivity contribution >= 4 is 27.3 Å². The molecule has 0 atom stereocenters. The van der Waals surface area contributed by atoms with Crippen LogP contribution in [0.5, 0.6) is 5.75 Å². The second kappa shape index (κ2) is 6.43. The molecular formula is C16H22N2O5S. The molecule has 2 N–H and O–H groups in total. The number of hydrogen-bond donors (Lipinski definition) is 2. The highest BCUT2D eigenvalue weighted by molar-refractivity contribution is 7.91. The number of carbonyl (C=O) groups is 2. The Bertz CT molecular complexity index is 778. The first-order chi connectivity index (χ1) is 11.0. The lowest BCUT2D eigenvalue weighted by Gasteiger charge is -2.21. The molecule has 2 amide bonds. The summed E-state index contributed by atoms with van der Waals surface area (Å²) < 4.78 is 30.4. The maximum atomic E-state index is 12.6. The Balaban J connectivity index is 2.18. The molecule has 1 aliphatic rings. The van der Waals surface area contributed by atoms with Crippen molar-refractivity contribution in [3.8, 4) is 5.75 Å². The number of aryl methyl sites for hydroxylation is 1. The highest BCUT2D eigenvalue weighted by Crippen LogP contribution is 2.33. The predicted molar refractivity (Wildman–Crippen MR) is 89.9 cm³/mol. The number of ether oxygens (including phenoxy) is 1. The minimum Gasteiger partial charge on any atom is -0.482 e. The number of sulfone groups is 1. The van der Waals surface area contributed by atoms with Crippen LogP contribution in [0.15, 0.2) is 17.0 Å². The number of anilines is 1. The van der Waals surface area contributed by atoms with E-state index < -0.39 is 15.4 Å². The molecule has 8 heteroatoms. The molecule has 2 rings (SSSR count). The van der Waals surface area contributed by atoms with E-state index in [1.807, 2.05) is 20.8 Å². The first-order valence-corrected chi connectivity index (χ1v) is 9.24. The highest BCUT2D eigenvalue weighted by Gasteiger charge is 2.24. The minimum absolute atomic E-state index is 0.112. The average molecular weight is 354 g/mol. The average Bonchev–Trinajstić information content (AvgIpc) is 2.42. The van der Waals surface area contributed by atoms with Crippen molar-refractivity contribution in [3.05, 3.63) is 17.7 Å². The smallest absolute Gasteiger partial charge is 0.262 e. The zero-order chi connectivity index (χ0) is 18.1. The van der Waals surface area contributed by atoms with Gasteiger partial charge in [-0.05, 0) is 39.3 Å². The van der Waals surface area contributed by atoms with E-state index in [2.05, 4.69) is 10.6 Å². The summed E-state index contributed by atoms with van der Waals surface area (Å²) in [6.45, 7) is 6.99. The number of nitrogens with one attached hydrogen (secondary N) is 2. The van der Waals surface area contributed by atoms with Crippen LogP contribution in [0.25, 0.3) is 0 Å². The monoisotopic (exact) mass is 354 g/mol. The van der Waals surface area contributed by atoms with Gasteiger partial charge in [0.15, 0.2) is 16.4 Å². The molecule has 0 fully saturated rings. The van der Waals surface area contributed by atoms with Crippen LogP contribution in [0.1, 0.15) is 32.8 Å². The molecule has 7 nitrogen and oxygen atoms in total. The van der Waals surface area contributed by atoms with Crippen molar-refractivity contribution in [3.63, 3.8) is 0 Å². The van der Waals surface area contributed by atoms with E-state index in [0.29, 0.717) is 17.0 Å². The van der Waals surface area contributed by atoms with Crippen LogP contribution in [0.2, 0.25) is 0 Å². The van der Waals surface area contributed by atoms with E-state index in [1.54, 1.807) is 13.0 Å². The summed E-state index contributed by atoms with van der Waals surface area (Å²) in [7, 11) is -3.64. The summed E-state index contributed by atoms with van der Waals surface area (Å²) in [5.41, 5.74) is 0.540. The first-order valence-electron chi connectivity index (χ1n) is 7.59. The zero-order valence-electron chi connectivity index (χ0n) is 14.2. The van der Waals surface area contributed by atoms with E-state index in [0.717, 1.165) is 0 Å². The van der Waals surface area contributed by atoms with E-state index in [9.17, 15) is 18.0 Å². The molecule has 132 valence electrons. The summed E-state index contributed by atoms with van der Waals surface area (Å²) in [6, 6.07) is 2.97. The lowest BCUT2D eigenvalue weighted by atomic mass is 10.1. The summed E-state index contributed by atoms with van der Waals surface area (Å²) in [4.78, 5) is 23.3. The summed E-state index contributed by atoms with van der Waals surface area (Å²) in [5.74, 6) is -0.569. The van der Waals surface area contributed by atoms with Gasteiger partial charge in [0, 0.05) is 18.0 Å². The van der Waals surface area contributed by atoms with Gasteiger partial charge < -0.3 is 15.4 Å². The van der Waals surface area contributed by atoms with Gasteiger partial charge in [-0.3, -0.25) is 9.59 Å². The molecule has 1 heterocycles. The molecule has 0 aromatic heterocycles. The second-order valence-corrected chi connectivity index (χ2v) is 8.90. The van der Waals surface area contributed by atoms with Crippen molar-refractivity contribution in [1.29, 1.82) is 0 Å². The minimum atomic E-state index is -3.64. The molecule has 0 bridgehead atoms. The third kappa shape index (κ3) is 4.47. The molecular weight excluding hydrogens is 332 g/mol. The maximum Gasteiger partial charge on any atom is 0.262 e. The van der Waals surface area contributed by atoms with Crippen LogP contribution >= 0.6 is 0 Å². The topological polar surface area (TPSA) is 102 Å². The predicted octanol–water partition coefficient (Wildman–Crippen LogP) is 1.40. The molecule has 0 spiro atoms. The zero-order valence-corrected chi connectivity index (χ0v) is 15.0. The van der Waals surface area contributed by atoms with Crippen LogP contribution in [0.4, 0.5) is 5.69 Å². The number of benzene rings is 1. The van der Waals surface area contributed by atoms with Gasteiger partial charge in [-0.2, -0.15) is 0 Å². The normalized spacial score (nSPS) is 14.4. The fourth-order valence-electron chi connectivity index (χ4n) is 2.37. The lowest BCUT2D eigenvalue weighted by molar-refractivity contribution is -0.122. The van der Waals surface area contributed by atoms with Crippen LogP contribution in [0, 0.1) is 6.92 Å². The van der Waals surface area contributed by atoms with Gasteiger partial charge in [0.25, 0.3) is 5.91 Å². The van der Waals surface area contributed by atoms with Gasteiger partial charge in [-0.1, -0.05) is 0 Å². The molecule has 0 radical (unpaired) electrons. The molecule has 0 saturated carbocycles. The SMILES string of the molecule is Cc1cc2c(cc1S(=O)(=O)CCC(=O)NC(C)(C)C)OCC(=O)N2. The quantitative estimate of drug-likeness (QED) is 0.851. The summed E-state index contributed by atoms with van der Waals surface area (Å²) in [5, 5.41) is 5.37. The Hall–Kier alpha value is -2.09. The molecule has 1 aliphatic heterocycles. The second-order valence-electron chi connectivity index (χ2n) is 6.82. The first kappa shape index (κ1) is 18.3. The van der Waals surface area contributed by atoms with E-state index in [4.69, 9.17) is 4.74 Å². The largest absolute Gasteiger partial charge is 0.482 e. The van der Waals surface area contributed by atoms with Gasteiger partial charge in [-0.15, -0.1) is 0 Å². The van der Waals surface area contributed by atoms with Crippen LogP contribution < -0.4 is 15.4 Å². The Kier molecular flexibility index (Phi) is 4.89. The van der Waals surface area contributed by atoms with Gasteiger partial charge in [0.2, 0.25) is 5.91 Å². The van der Waals surface area contributed by atoms with Crippen molar-refractivity contribution in [2.45, 2.75) is 44.6 Å². The number of amides is 2. The molecule has 0 saturated heterocycles. The lowest BCUT2D eigenvalue weighted by Crippen LogP contribution is -2.41. The standard InChI is InChI=1S/C16H22N2O5S/c1-10-7-11-12(23-9-15(20)17-11)8-13(10)24(21,22)6-5-14(19)18-16(2,3)4/h7-8H,5-6,9H2,1-4H3,(H,17,20)(H,18,19). The number of rotatable bonds is 4. The Labute approximate surface area is 141 Å². The van der Waals surface area contributed by atoms with Crippen molar-refractivity contribution in [2.24, 2.45) is 0 Å². The highest BCUT2D eigenvalue weighted by atomic mass is 32.2. The maximum absolute atomic E-state index is 12.6. The van der Waals surface area contributed by atoms with Crippen molar-refractivity contribution < 1.29 is 22.7 Å². The molecule has 0 aliphatic carbocycles. The third-order valence-corrected chi connectivity index (χ3v) is 5.21. The van der Waals surface area contributed by atoms with Gasteiger partial charge in [0.1, 0.15) is 5.75 Å². The summed E-state index contributed by atoms with van der Waals surface area (Å²) in [6.07, 6.45) is -0.117. The molecule has 0 unspecified atom stereocenters. The molecule has 1 aromatic carbocycles. The van der Waals surface area contributed by atoms with E-state index in [1.165, 1.54) is 6.07 Å². The number of hydrogen-bond acceptors (Lipinski definition) is 5. The van der Waals surface area contributed by atoms with Crippen LogP contribution in [0.3, 0.4) is 0 Å². The Morgan fingerprint density at radius 3 is 2.62 bits per heavy atom. The van der Waals surface area contributed by atoms with Crippen molar-refractivity contribution in [1.82, 2.24) is 5.32 Å². The van der Waals surface area contributed by atoms with Gasteiger partial charge in [0.05, 0.1) is 16.3 Å². The molecule has 1 aromatic rings. The number of carbonyl (C=O) groups excluding carboxylic acids is 2. The fourth-order valence-corrected chi connectivity index (χ4v) is 3.88. The van der Waals surface area contributed by atoms with Crippen molar-refractivity contribution in [2.75, 3.05) is 17.7 Å². The van der Waals surface area contributed by atoms with Gasteiger partial charge >= 0.3 is 0 Å².